The maximum atomic E-state index is 12.1. The van der Waals surface area contributed by atoms with Gasteiger partial charge in [0, 0.05) is 5.75 Å². The number of carbonyl (C=O) groups excluding carboxylic acids is 1. The Kier molecular flexibility index (Phi) is 5.62. The number of esters is 1. The highest BCUT2D eigenvalue weighted by atomic mass is 32.2. The third-order valence-corrected chi connectivity index (χ3v) is 4.39. The number of hydrogen-bond donors (Lipinski definition) is 1. The highest BCUT2D eigenvalue weighted by Gasteiger charge is 2.50. The molecule has 0 aromatic heterocycles. The maximum absolute atomic E-state index is 12.1. The van der Waals surface area contributed by atoms with E-state index in [0.29, 0.717) is 12.5 Å². The van der Waals surface area contributed by atoms with Crippen LogP contribution in [0.5, 0.6) is 0 Å². The Hall–Kier alpha value is -0.220. The first-order valence-electron chi connectivity index (χ1n) is 6.15. The lowest BCUT2D eigenvalue weighted by Crippen LogP contribution is -2.55. The van der Waals surface area contributed by atoms with Crippen molar-refractivity contribution in [3.05, 3.63) is 0 Å². The molecule has 0 bridgehead atoms. The molecule has 0 aliphatic heterocycles. The molecule has 1 atom stereocenters. The van der Waals surface area contributed by atoms with Crippen LogP contribution in [0.25, 0.3) is 0 Å². The monoisotopic (exact) mass is 245 g/mol. The van der Waals surface area contributed by atoms with E-state index < -0.39 is 5.54 Å². The van der Waals surface area contributed by atoms with Crippen LogP contribution in [-0.2, 0) is 9.53 Å². The Labute approximate surface area is 103 Å². The molecule has 1 N–H and O–H groups in total. The second kappa shape index (κ2) is 6.50. The van der Waals surface area contributed by atoms with Crippen molar-refractivity contribution in [1.82, 2.24) is 5.32 Å². The first-order chi connectivity index (χ1) is 7.71. The highest BCUT2D eigenvalue weighted by molar-refractivity contribution is 7.99. The Morgan fingerprint density at radius 3 is 2.62 bits per heavy atom. The lowest BCUT2D eigenvalue weighted by Gasteiger charge is -2.30. The van der Waals surface area contributed by atoms with Crippen LogP contribution in [0.15, 0.2) is 0 Å². The SMILES string of the molecule is CCCSCC(NC)(C(=O)OCC)C1CC1. The molecule has 0 radical (unpaired) electrons. The van der Waals surface area contributed by atoms with Crippen molar-refractivity contribution < 1.29 is 9.53 Å². The second-order valence-electron chi connectivity index (χ2n) is 4.27. The van der Waals surface area contributed by atoms with Gasteiger partial charge in [-0.05, 0) is 44.9 Å². The zero-order valence-corrected chi connectivity index (χ0v) is 11.4. The van der Waals surface area contributed by atoms with Gasteiger partial charge in [0.25, 0.3) is 0 Å². The van der Waals surface area contributed by atoms with Gasteiger partial charge < -0.3 is 10.1 Å². The van der Waals surface area contributed by atoms with E-state index in [2.05, 4.69) is 12.2 Å². The molecular weight excluding hydrogens is 222 g/mol. The summed E-state index contributed by atoms with van der Waals surface area (Å²) in [5, 5.41) is 3.23. The Bertz CT molecular complexity index is 231. The second-order valence-corrected chi connectivity index (χ2v) is 5.37. The molecule has 1 aliphatic carbocycles. The maximum Gasteiger partial charge on any atom is 0.327 e. The predicted molar refractivity (Wildman–Crippen MR) is 68.8 cm³/mol. The summed E-state index contributed by atoms with van der Waals surface area (Å²) in [6, 6.07) is 0. The molecule has 94 valence electrons. The van der Waals surface area contributed by atoms with E-state index in [-0.39, 0.29) is 5.97 Å². The minimum atomic E-state index is -0.435. The van der Waals surface area contributed by atoms with Gasteiger partial charge in [0.1, 0.15) is 5.54 Å². The van der Waals surface area contributed by atoms with Crippen LogP contribution in [0.4, 0.5) is 0 Å². The van der Waals surface area contributed by atoms with Gasteiger partial charge in [-0.3, -0.25) is 4.79 Å². The van der Waals surface area contributed by atoms with E-state index >= 15 is 0 Å². The average Bonchev–Trinajstić information content (AvgIpc) is 3.09. The summed E-state index contributed by atoms with van der Waals surface area (Å²) in [6.07, 6.45) is 3.44. The molecule has 4 heteroatoms. The largest absolute Gasteiger partial charge is 0.465 e. The number of thioether (sulfide) groups is 1. The van der Waals surface area contributed by atoms with Gasteiger partial charge >= 0.3 is 5.97 Å². The molecule has 1 saturated carbocycles. The quantitative estimate of drug-likeness (QED) is 0.525. The van der Waals surface area contributed by atoms with Crippen molar-refractivity contribution >= 4 is 17.7 Å². The van der Waals surface area contributed by atoms with Crippen molar-refractivity contribution in [3.8, 4) is 0 Å². The van der Waals surface area contributed by atoms with Gasteiger partial charge in [-0.25, -0.2) is 0 Å². The summed E-state index contributed by atoms with van der Waals surface area (Å²) in [6.45, 7) is 4.49. The lowest BCUT2D eigenvalue weighted by atomic mass is 9.96. The fourth-order valence-corrected chi connectivity index (χ4v) is 3.19. The van der Waals surface area contributed by atoms with Crippen LogP contribution in [0.2, 0.25) is 0 Å². The van der Waals surface area contributed by atoms with E-state index in [4.69, 9.17) is 4.74 Å². The topological polar surface area (TPSA) is 38.3 Å². The smallest absolute Gasteiger partial charge is 0.327 e. The van der Waals surface area contributed by atoms with Gasteiger partial charge in [0.15, 0.2) is 0 Å². The number of likely N-dealkylation sites (N-methyl/N-ethyl adjacent to an activating group) is 1. The van der Waals surface area contributed by atoms with Crippen LogP contribution in [0.1, 0.15) is 33.1 Å². The molecule has 16 heavy (non-hydrogen) atoms. The lowest BCUT2D eigenvalue weighted by molar-refractivity contribution is -0.150. The van der Waals surface area contributed by atoms with Gasteiger partial charge in [-0.1, -0.05) is 6.92 Å². The summed E-state index contributed by atoms with van der Waals surface area (Å²) < 4.78 is 5.22. The van der Waals surface area contributed by atoms with Crippen molar-refractivity contribution in [1.29, 1.82) is 0 Å². The molecule has 1 unspecified atom stereocenters. The van der Waals surface area contributed by atoms with Gasteiger partial charge in [-0.15, -0.1) is 0 Å². The Balaban J connectivity index is 2.61. The Morgan fingerprint density at radius 1 is 1.50 bits per heavy atom. The number of hydrogen-bond acceptors (Lipinski definition) is 4. The molecule has 1 aliphatic rings. The van der Waals surface area contributed by atoms with E-state index in [9.17, 15) is 4.79 Å². The average molecular weight is 245 g/mol. The van der Waals surface area contributed by atoms with Crippen LogP contribution in [0, 0.1) is 5.92 Å². The Morgan fingerprint density at radius 2 is 2.19 bits per heavy atom. The fourth-order valence-electron chi connectivity index (χ4n) is 1.94. The van der Waals surface area contributed by atoms with Gasteiger partial charge in [0.05, 0.1) is 6.61 Å². The third-order valence-electron chi connectivity index (χ3n) is 3.04. The number of nitrogens with one attached hydrogen (secondary N) is 1. The molecule has 0 aromatic carbocycles. The predicted octanol–water partition coefficient (Wildman–Crippen LogP) is 2.06. The van der Waals surface area contributed by atoms with E-state index in [1.807, 2.05) is 25.7 Å². The molecule has 0 amide bonds. The van der Waals surface area contributed by atoms with Crippen molar-refractivity contribution in [2.24, 2.45) is 5.92 Å². The molecule has 0 aromatic rings. The van der Waals surface area contributed by atoms with Crippen molar-refractivity contribution in [2.45, 2.75) is 38.6 Å². The molecule has 0 heterocycles. The number of carbonyl (C=O) groups is 1. The minimum Gasteiger partial charge on any atom is -0.465 e. The summed E-state index contributed by atoms with van der Waals surface area (Å²) in [7, 11) is 1.88. The molecule has 0 spiro atoms. The number of ether oxygens (including phenoxy) is 1. The van der Waals surface area contributed by atoms with Crippen molar-refractivity contribution in [3.63, 3.8) is 0 Å². The van der Waals surface area contributed by atoms with Crippen LogP contribution in [0.3, 0.4) is 0 Å². The van der Waals surface area contributed by atoms with Gasteiger partial charge in [-0.2, -0.15) is 11.8 Å². The fraction of sp³-hybridized carbons (Fsp3) is 0.917. The van der Waals surface area contributed by atoms with E-state index in [1.54, 1.807) is 0 Å². The molecular formula is C12H23NO2S. The third kappa shape index (κ3) is 3.14. The van der Waals surface area contributed by atoms with Crippen LogP contribution in [-0.4, -0.2) is 36.7 Å². The van der Waals surface area contributed by atoms with E-state index in [0.717, 1.165) is 30.8 Å². The number of rotatable bonds is 8. The summed E-state index contributed by atoms with van der Waals surface area (Å²) in [4.78, 5) is 12.1. The first-order valence-corrected chi connectivity index (χ1v) is 7.30. The molecule has 1 fully saturated rings. The van der Waals surface area contributed by atoms with Gasteiger partial charge in [0.2, 0.25) is 0 Å². The summed E-state index contributed by atoms with van der Waals surface area (Å²) >= 11 is 1.84. The van der Waals surface area contributed by atoms with Crippen LogP contribution >= 0.6 is 11.8 Å². The molecule has 1 rings (SSSR count). The highest BCUT2D eigenvalue weighted by Crippen LogP contribution is 2.42. The zero-order valence-electron chi connectivity index (χ0n) is 10.5. The molecule has 0 saturated heterocycles. The van der Waals surface area contributed by atoms with Crippen LogP contribution < -0.4 is 5.32 Å². The standard InChI is InChI=1S/C12H23NO2S/c1-4-8-16-9-12(13-3,10-6-7-10)11(14)15-5-2/h10,13H,4-9H2,1-3H3. The zero-order chi connectivity index (χ0) is 12.0. The van der Waals surface area contributed by atoms with Crippen molar-refractivity contribution in [2.75, 3.05) is 25.2 Å². The van der Waals surface area contributed by atoms with E-state index in [1.165, 1.54) is 0 Å². The molecule has 3 nitrogen and oxygen atoms in total. The first kappa shape index (κ1) is 13.8. The normalized spacial score (nSPS) is 19.2. The summed E-state index contributed by atoms with van der Waals surface area (Å²) in [5.41, 5.74) is -0.435. The minimum absolute atomic E-state index is 0.0661. The summed E-state index contributed by atoms with van der Waals surface area (Å²) in [5.74, 6) is 2.35.